The molecule has 2 nitrogen and oxygen atoms in total. The number of aryl methyl sites for hydroxylation is 1. The van der Waals surface area contributed by atoms with E-state index in [1.165, 1.54) is 6.07 Å². The zero-order valence-corrected chi connectivity index (χ0v) is 8.59. The lowest BCUT2D eigenvalue weighted by molar-refractivity contribution is 0.172. The highest BCUT2D eigenvalue weighted by Crippen LogP contribution is 2.16. The van der Waals surface area contributed by atoms with E-state index in [0.29, 0.717) is 18.4 Å². The Bertz CT molecular complexity index is 291. The van der Waals surface area contributed by atoms with Crippen LogP contribution in [0, 0.1) is 5.82 Å². The third kappa shape index (κ3) is 3.42. The van der Waals surface area contributed by atoms with Crippen LogP contribution in [0.15, 0.2) is 22.7 Å². The molecular weight excluding hydrogens is 237 g/mol. The topological polar surface area (TPSA) is 46.2 Å². The smallest absolute Gasteiger partial charge is 0.126 e. The van der Waals surface area contributed by atoms with E-state index in [1.807, 2.05) is 0 Å². The third-order valence-corrected chi connectivity index (χ3v) is 2.21. The second-order valence-electron chi connectivity index (χ2n) is 2.84. The van der Waals surface area contributed by atoms with Crippen LogP contribution in [-0.2, 0) is 6.42 Å². The molecule has 1 unspecified atom stereocenters. The van der Waals surface area contributed by atoms with Gasteiger partial charge >= 0.3 is 0 Å². The molecule has 72 valence electrons. The van der Waals surface area contributed by atoms with Crippen molar-refractivity contribution >= 4 is 15.9 Å². The molecule has 0 aromatic heterocycles. The first-order chi connectivity index (χ1) is 6.09. The number of hydrogen-bond donors (Lipinski definition) is 2. The van der Waals surface area contributed by atoms with Gasteiger partial charge in [-0.05, 0) is 36.6 Å². The predicted molar refractivity (Wildman–Crippen MR) is 52.6 cm³/mol. The predicted octanol–water partition coefficient (Wildman–Crippen LogP) is 1.80. The Morgan fingerprint density at radius 1 is 1.54 bits per heavy atom. The average molecular weight is 248 g/mol. The van der Waals surface area contributed by atoms with Gasteiger partial charge in [0.25, 0.3) is 0 Å². The van der Waals surface area contributed by atoms with Crippen LogP contribution in [0.4, 0.5) is 4.39 Å². The molecule has 0 amide bonds. The zero-order chi connectivity index (χ0) is 9.84. The summed E-state index contributed by atoms with van der Waals surface area (Å²) in [5.74, 6) is -0.260. The Morgan fingerprint density at radius 3 is 2.85 bits per heavy atom. The van der Waals surface area contributed by atoms with Gasteiger partial charge in [-0.15, -0.1) is 0 Å². The lowest BCUT2D eigenvalue weighted by Gasteiger charge is -2.05. The highest BCUT2D eigenvalue weighted by atomic mass is 79.9. The second-order valence-corrected chi connectivity index (χ2v) is 3.76. The Kier molecular flexibility index (Phi) is 3.84. The van der Waals surface area contributed by atoms with Gasteiger partial charge in [0.05, 0.1) is 0 Å². The summed E-state index contributed by atoms with van der Waals surface area (Å²) >= 11 is 3.24. The zero-order valence-electron chi connectivity index (χ0n) is 7.00. The minimum atomic E-state index is -0.876. The van der Waals surface area contributed by atoms with Gasteiger partial charge in [-0.2, -0.15) is 0 Å². The maximum atomic E-state index is 13.1. The second kappa shape index (κ2) is 4.69. The summed E-state index contributed by atoms with van der Waals surface area (Å²) in [6.45, 7) is 0. The molecule has 0 saturated carbocycles. The molecule has 0 fully saturated rings. The molecule has 1 aromatic rings. The van der Waals surface area contributed by atoms with Gasteiger partial charge in [-0.3, -0.25) is 0 Å². The molecule has 1 rings (SSSR count). The van der Waals surface area contributed by atoms with Gasteiger partial charge in [0.15, 0.2) is 0 Å². The molecule has 0 aliphatic rings. The van der Waals surface area contributed by atoms with Crippen molar-refractivity contribution in [3.8, 4) is 0 Å². The van der Waals surface area contributed by atoms with Crippen LogP contribution in [0.2, 0.25) is 0 Å². The number of aliphatic hydroxyl groups excluding tert-OH is 1. The Balaban J connectivity index is 2.70. The van der Waals surface area contributed by atoms with Crippen LogP contribution in [0.25, 0.3) is 0 Å². The lowest BCUT2D eigenvalue weighted by atomic mass is 10.1. The van der Waals surface area contributed by atoms with Crippen LogP contribution in [0.1, 0.15) is 12.0 Å². The van der Waals surface area contributed by atoms with Crippen molar-refractivity contribution in [1.29, 1.82) is 0 Å². The molecule has 0 aliphatic carbocycles. The molecular formula is C9H11BrFNO. The van der Waals surface area contributed by atoms with Crippen molar-refractivity contribution in [2.24, 2.45) is 5.73 Å². The summed E-state index contributed by atoms with van der Waals surface area (Å²) in [4.78, 5) is 0. The van der Waals surface area contributed by atoms with Crippen LogP contribution >= 0.6 is 15.9 Å². The maximum absolute atomic E-state index is 13.1. The van der Waals surface area contributed by atoms with Gasteiger partial charge in [-0.1, -0.05) is 15.9 Å². The average Bonchev–Trinajstić information content (AvgIpc) is 2.06. The van der Waals surface area contributed by atoms with Crippen LogP contribution in [0.3, 0.4) is 0 Å². The molecule has 0 saturated heterocycles. The number of hydrogen-bond acceptors (Lipinski definition) is 2. The number of nitrogens with two attached hydrogens (primary N) is 1. The van der Waals surface area contributed by atoms with Crippen molar-refractivity contribution < 1.29 is 9.50 Å². The summed E-state index contributed by atoms with van der Waals surface area (Å²) in [6.07, 6.45) is -0.0607. The summed E-state index contributed by atoms with van der Waals surface area (Å²) in [5.41, 5.74) is 5.72. The molecule has 4 heteroatoms. The fourth-order valence-electron chi connectivity index (χ4n) is 1.04. The Morgan fingerprint density at radius 2 is 2.23 bits per heavy atom. The molecule has 0 spiro atoms. The Labute approximate surface area is 84.7 Å². The van der Waals surface area contributed by atoms with Gasteiger partial charge in [-0.25, -0.2) is 4.39 Å². The fourth-order valence-corrected chi connectivity index (χ4v) is 1.45. The number of rotatable bonds is 3. The first-order valence-electron chi connectivity index (χ1n) is 3.97. The van der Waals surface area contributed by atoms with E-state index >= 15 is 0 Å². The maximum Gasteiger partial charge on any atom is 0.126 e. The third-order valence-electron chi connectivity index (χ3n) is 1.72. The highest BCUT2D eigenvalue weighted by molar-refractivity contribution is 9.10. The molecule has 0 heterocycles. The van der Waals surface area contributed by atoms with E-state index in [-0.39, 0.29) is 5.82 Å². The molecule has 0 aliphatic heterocycles. The van der Waals surface area contributed by atoms with Gasteiger partial charge in [0, 0.05) is 4.47 Å². The minimum Gasteiger partial charge on any atom is -0.379 e. The van der Waals surface area contributed by atoms with E-state index in [1.54, 1.807) is 12.1 Å². The quantitative estimate of drug-likeness (QED) is 0.801. The van der Waals surface area contributed by atoms with Crippen LogP contribution < -0.4 is 5.73 Å². The van der Waals surface area contributed by atoms with Gasteiger partial charge in [0.2, 0.25) is 0 Å². The summed E-state index contributed by atoms with van der Waals surface area (Å²) in [7, 11) is 0. The van der Waals surface area contributed by atoms with E-state index in [9.17, 15) is 4.39 Å². The van der Waals surface area contributed by atoms with Crippen molar-refractivity contribution in [3.05, 3.63) is 34.1 Å². The van der Waals surface area contributed by atoms with Crippen molar-refractivity contribution in [3.63, 3.8) is 0 Å². The summed E-state index contributed by atoms with van der Waals surface area (Å²) < 4.78 is 13.9. The standard InChI is InChI=1S/C9H11BrFNO/c10-7-2-3-8(11)6(5-7)1-4-9(12)13/h2-3,5,9,13H,1,4,12H2. The number of aliphatic hydroxyl groups is 1. The molecule has 1 aromatic carbocycles. The van der Waals surface area contributed by atoms with Crippen molar-refractivity contribution in [1.82, 2.24) is 0 Å². The summed E-state index contributed by atoms with van der Waals surface area (Å²) in [6, 6.07) is 4.72. The number of benzene rings is 1. The molecule has 0 bridgehead atoms. The highest BCUT2D eigenvalue weighted by Gasteiger charge is 2.04. The molecule has 1 atom stereocenters. The monoisotopic (exact) mass is 247 g/mol. The SMILES string of the molecule is NC(O)CCc1cc(Br)ccc1F. The van der Waals surface area contributed by atoms with E-state index < -0.39 is 6.23 Å². The molecule has 3 N–H and O–H groups in total. The van der Waals surface area contributed by atoms with Crippen molar-refractivity contribution in [2.45, 2.75) is 19.1 Å². The van der Waals surface area contributed by atoms with Crippen molar-refractivity contribution in [2.75, 3.05) is 0 Å². The van der Waals surface area contributed by atoms with Crippen LogP contribution in [-0.4, -0.2) is 11.3 Å². The van der Waals surface area contributed by atoms with E-state index in [2.05, 4.69) is 15.9 Å². The molecule has 13 heavy (non-hydrogen) atoms. The Hall–Kier alpha value is -0.450. The van der Waals surface area contributed by atoms with E-state index in [0.717, 1.165) is 4.47 Å². The lowest BCUT2D eigenvalue weighted by Crippen LogP contribution is -2.19. The molecule has 0 radical (unpaired) electrons. The van der Waals surface area contributed by atoms with Gasteiger partial charge in [0.1, 0.15) is 12.0 Å². The fraction of sp³-hybridized carbons (Fsp3) is 0.333. The van der Waals surface area contributed by atoms with Gasteiger partial charge < -0.3 is 10.8 Å². The minimum absolute atomic E-state index is 0.260. The first kappa shape index (κ1) is 10.6. The number of halogens is 2. The normalized spacial score (nSPS) is 12.9. The van der Waals surface area contributed by atoms with E-state index in [4.69, 9.17) is 10.8 Å². The first-order valence-corrected chi connectivity index (χ1v) is 4.76. The van der Waals surface area contributed by atoms with Crippen LogP contribution in [0.5, 0.6) is 0 Å². The summed E-state index contributed by atoms with van der Waals surface area (Å²) in [5, 5.41) is 8.82. The largest absolute Gasteiger partial charge is 0.379 e.